The summed E-state index contributed by atoms with van der Waals surface area (Å²) in [5, 5.41) is 3.08. The first-order valence-electron chi connectivity index (χ1n) is 5.27. The number of carbonyl (C=O) groups is 1. The van der Waals surface area contributed by atoms with E-state index < -0.39 is 0 Å². The first-order chi connectivity index (χ1) is 5.95. The van der Waals surface area contributed by atoms with Gasteiger partial charge in [-0.05, 0) is 37.0 Å². The molecule has 3 rings (SSSR count). The zero-order chi connectivity index (χ0) is 9.43. The first kappa shape index (κ1) is 7.84. The number of carbonyl (C=O) groups excluding carboxylic acids is 1. The molecule has 2 nitrogen and oxygen atoms in total. The lowest BCUT2D eigenvalue weighted by molar-refractivity contribution is -0.143. The lowest BCUT2D eigenvalue weighted by atomic mass is 9.68. The van der Waals surface area contributed by atoms with Crippen molar-refractivity contribution in [2.45, 2.75) is 39.2 Å². The van der Waals surface area contributed by atoms with E-state index in [2.05, 4.69) is 26.1 Å². The van der Waals surface area contributed by atoms with Crippen LogP contribution in [0.15, 0.2) is 0 Å². The Balaban J connectivity index is 1.87. The van der Waals surface area contributed by atoms with Crippen molar-refractivity contribution in [1.82, 2.24) is 5.32 Å². The molecule has 4 atom stereocenters. The van der Waals surface area contributed by atoms with Crippen LogP contribution in [0.3, 0.4) is 0 Å². The zero-order valence-electron chi connectivity index (χ0n) is 8.55. The molecule has 0 aromatic rings. The van der Waals surface area contributed by atoms with Crippen molar-refractivity contribution < 1.29 is 4.79 Å². The fourth-order valence-corrected chi connectivity index (χ4v) is 3.67. The highest BCUT2D eigenvalue weighted by atomic mass is 16.2. The predicted octanol–water partition coefficient (Wildman–Crippen LogP) is 1.56. The summed E-state index contributed by atoms with van der Waals surface area (Å²) < 4.78 is 0. The Hall–Kier alpha value is -0.530. The Morgan fingerprint density at radius 3 is 2.62 bits per heavy atom. The van der Waals surface area contributed by atoms with E-state index in [1.807, 2.05) is 0 Å². The molecule has 2 aliphatic carbocycles. The molecule has 3 aliphatic rings. The van der Waals surface area contributed by atoms with Crippen LogP contribution >= 0.6 is 0 Å². The van der Waals surface area contributed by atoms with Gasteiger partial charge in [-0.15, -0.1) is 0 Å². The number of rotatable bonds is 0. The van der Waals surface area contributed by atoms with Crippen molar-refractivity contribution >= 4 is 5.91 Å². The second-order valence-electron chi connectivity index (χ2n) is 5.93. The largest absolute Gasteiger partial charge is 0.350 e. The highest BCUT2D eigenvalue weighted by molar-refractivity contribution is 5.88. The molecule has 0 radical (unpaired) electrons. The van der Waals surface area contributed by atoms with Crippen LogP contribution in [0.2, 0.25) is 0 Å². The van der Waals surface area contributed by atoms with E-state index >= 15 is 0 Å². The van der Waals surface area contributed by atoms with Crippen molar-refractivity contribution in [2.75, 3.05) is 0 Å². The molecule has 3 fully saturated rings. The van der Waals surface area contributed by atoms with E-state index in [-0.39, 0.29) is 5.54 Å². The van der Waals surface area contributed by atoms with Crippen molar-refractivity contribution in [2.24, 2.45) is 23.2 Å². The van der Waals surface area contributed by atoms with E-state index in [0.29, 0.717) is 17.2 Å². The highest BCUT2D eigenvalue weighted by Gasteiger charge is 2.68. The van der Waals surface area contributed by atoms with Gasteiger partial charge in [-0.25, -0.2) is 0 Å². The monoisotopic (exact) mass is 179 g/mol. The summed E-state index contributed by atoms with van der Waals surface area (Å²) in [4.78, 5) is 11.3. The van der Waals surface area contributed by atoms with Gasteiger partial charge >= 0.3 is 0 Å². The summed E-state index contributed by atoms with van der Waals surface area (Å²) in [6.07, 6.45) is 2.35. The average Bonchev–Trinajstić information content (AvgIpc) is 2.50. The van der Waals surface area contributed by atoms with Crippen LogP contribution in [0.1, 0.15) is 33.6 Å². The quantitative estimate of drug-likeness (QED) is 0.562. The molecule has 1 saturated heterocycles. The third-order valence-electron chi connectivity index (χ3n) is 4.92. The molecule has 1 aliphatic heterocycles. The molecular weight excluding hydrogens is 162 g/mol. The van der Waals surface area contributed by atoms with Crippen LogP contribution in [-0.4, -0.2) is 11.4 Å². The smallest absolute Gasteiger partial charge is 0.225 e. The van der Waals surface area contributed by atoms with E-state index in [9.17, 15) is 4.79 Å². The van der Waals surface area contributed by atoms with Gasteiger partial charge in [0.2, 0.25) is 5.91 Å². The second kappa shape index (κ2) is 1.79. The maximum Gasteiger partial charge on any atom is 0.225 e. The van der Waals surface area contributed by atoms with Crippen LogP contribution in [0.25, 0.3) is 0 Å². The molecule has 2 saturated carbocycles. The summed E-state index contributed by atoms with van der Waals surface area (Å²) in [7, 11) is 0. The van der Waals surface area contributed by atoms with Crippen LogP contribution < -0.4 is 5.32 Å². The van der Waals surface area contributed by atoms with Gasteiger partial charge in [-0.1, -0.05) is 13.8 Å². The van der Waals surface area contributed by atoms with Gasteiger partial charge in [0.1, 0.15) is 0 Å². The van der Waals surface area contributed by atoms with Crippen molar-refractivity contribution in [3.05, 3.63) is 0 Å². The van der Waals surface area contributed by atoms with Gasteiger partial charge < -0.3 is 5.32 Å². The van der Waals surface area contributed by atoms with Crippen LogP contribution in [0.4, 0.5) is 0 Å². The second-order valence-corrected chi connectivity index (χ2v) is 5.93. The minimum Gasteiger partial charge on any atom is -0.350 e. The lowest BCUT2D eigenvalue weighted by Crippen LogP contribution is -2.68. The third kappa shape index (κ3) is 0.733. The van der Waals surface area contributed by atoms with Crippen LogP contribution in [-0.2, 0) is 4.79 Å². The molecule has 0 aromatic carbocycles. The molecule has 2 heteroatoms. The SMILES string of the molecule is CC1(C)[C@@H]2C[C@H]3C(=O)N[C@@]3(C)C[C@@H]21. The van der Waals surface area contributed by atoms with Crippen molar-refractivity contribution in [1.29, 1.82) is 0 Å². The maximum absolute atomic E-state index is 11.3. The molecule has 0 unspecified atom stereocenters. The Bertz CT molecular complexity index is 296. The predicted molar refractivity (Wildman–Crippen MR) is 50.0 cm³/mol. The summed E-state index contributed by atoms with van der Waals surface area (Å²) in [5.41, 5.74) is 0.675. The topological polar surface area (TPSA) is 29.1 Å². The fourth-order valence-electron chi connectivity index (χ4n) is 3.67. The Morgan fingerprint density at radius 1 is 1.31 bits per heavy atom. The normalized spacial score (nSPS) is 55.6. The fraction of sp³-hybridized carbons (Fsp3) is 0.909. The first-order valence-corrected chi connectivity index (χ1v) is 5.27. The van der Waals surface area contributed by atoms with Gasteiger partial charge in [0.05, 0.1) is 5.92 Å². The lowest BCUT2D eigenvalue weighted by Gasteiger charge is -2.49. The molecule has 1 heterocycles. The number of hydrogen-bond acceptors (Lipinski definition) is 1. The Kier molecular flexibility index (Phi) is 1.08. The number of amides is 1. The standard InChI is InChI=1S/C11H17NO/c1-10(2)6-4-7-9(13)12-11(7,3)5-8(6)10/h6-8H,4-5H2,1-3H3,(H,12,13)/t6-,7+,8+,11+/m1/s1. The minimum absolute atomic E-state index is 0.159. The van der Waals surface area contributed by atoms with Crippen LogP contribution in [0, 0.1) is 23.2 Å². The van der Waals surface area contributed by atoms with Gasteiger partial charge in [0, 0.05) is 5.54 Å². The summed E-state index contributed by atoms with van der Waals surface area (Å²) in [6, 6.07) is 0. The van der Waals surface area contributed by atoms with Crippen molar-refractivity contribution in [3.8, 4) is 0 Å². The number of β-lactam (4-membered cyclic amide) rings is 1. The van der Waals surface area contributed by atoms with E-state index in [4.69, 9.17) is 0 Å². The van der Waals surface area contributed by atoms with Crippen LogP contribution in [0.5, 0.6) is 0 Å². The molecular formula is C11H17NO. The summed E-state index contributed by atoms with van der Waals surface area (Å²) in [6.45, 7) is 6.91. The minimum atomic E-state index is 0.159. The molecule has 0 spiro atoms. The highest BCUT2D eigenvalue weighted by Crippen LogP contribution is 2.68. The van der Waals surface area contributed by atoms with Gasteiger partial charge in [0.25, 0.3) is 0 Å². The van der Waals surface area contributed by atoms with E-state index in [1.165, 1.54) is 6.42 Å². The van der Waals surface area contributed by atoms with Gasteiger partial charge in [-0.3, -0.25) is 4.79 Å². The number of nitrogens with one attached hydrogen (secondary N) is 1. The number of fused-ring (bicyclic) bond motifs is 2. The summed E-state index contributed by atoms with van der Waals surface area (Å²) in [5.74, 6) is 2.32. The number of hydrogen-bond donors (Lipinski definition) is 1. The molecule has 13 heavy (non-hydrogen) atoms. The molecule has 1 amide bonds. The Labute approximate surface area is 79.1 Å². The molecule has 0 bridgehead atoms. The third-order valence-corrected chi connectivity index (χ3v) is 4.92. The van der Waals surface area contributed by atoms with E-state index in [1.54, 1.807) is 0 Å². The zero-order valence-corrected chi connectivity index (χ0v) is 8.55. The summed E-state index contributed by atoms with van der Waals surface area (Å²) >= 11 is 0. The molecule has 1 N–H and O–H groups in total. The molecule has 0 aromatic heterocycles. The maximum atomic E-state index is 11.3. The van der Waals surface area contributed by atoms with Gasteiger partial charge in [-0.2, -0.15) is 0 Å². The van der Waals surface area contributed by atoms with Crippen molar-refractivity contribution in [3.63, 3.8) is 0 Å². The van der Waals surface area contributed by atoms with Gasteiger partial charge in [0.15, 0.2) is 0 Å². The Morgan fingerprint density at radius 2 is 2.00 bits per heavy atom. The van der Waals surface area contributed by atoms with E-state index in [0.717, 1.165) is 18.3 Å². The average molecular weight is 179 g/mol. The molecule has 72 valence electrons.